The van der Waals surface area contributed by atoms with Crippen LogP contribution in [0.15, 0.2) is 58.6 Å². The summed E-state index contributed by atoms with van der Waals surface area (Å²) in [6.45, 7) is 0. The van der Waals surface area contributed by atoms with Gasteiger partial charge in [0.05, 0.1) is 10.9 Å². The summed E-state index contributed by atoms with van der Waals surface area (Å²) in [5, 5.41) is 3.40. The molecule has 1 atom stereocenters. The zero-order chi connectivity index (χ0) is 15.1. The van der Waals surface area contributed by atoms with E-state index >= 15 is 0 Å². The largest absolute Gasteiger partial charge is 0.370 e. The Morgan fingerprint density at radius 3 is 2.73 bits per heavy atom. The summed E-state index contributed by atoms with van der Waals surface area (Å²) in [7, 11) is 0. The van der Waals surface area contributed by atoms with Gasteiger partial charge in [-0.25, -0.2) is 4.99 Å². The first-order valence-electron chi connectivity index (χ1n) is 6.75. The zero-order valence-electron chi connectivity index (χ0n) is 11.5. The van der Waals surface area contributed by atoms with Crippen LogP contribution in [0.1, 0.15) is 11.7 Å². The zero-order valence-corrected chi connectivity index (χ0v) is 11.5. The van der Waals surface area contributed by atoms with Gasteiger partial charge in [-0.2, -0.15) is 4.98 Å². The predicted molar refractivity (Wildman–Crippen MR) is 83.6 cm³/mol. The molecule has 0 radical (unpaired) electrons. The Labute approximate surface area is 125 Å². The predicted octanol–water partition coefficient (Wildman–Crippen LogP) is 1.08. The van der Waals surface area contributed by atoms with Gasteiger partial charge < -0.3 is 5.73 Å². The third-order valence-corrected chi connectivity index (χ3v) is 3.58. The first-order chi connectivity index (χ1) is 10.7. The fraction of sp³-hybridized carbons (Fsp3) is 0.0667. The molecular formula is C15H12N6O. The molecule has 2 aromatic heterocycles. The number of anilines is 1. The Kier molecular flexibility index (Phi) is 2.65. The van der Waals surface area contributed by atoms with Crippen molar-refractivity contribution in [3.05, 3.63) is 64.7 Å². The van der Waals surface area contributed by atoms with E-state index in [1.165, 1.54) is 0 Å². The van der Waals surface area contributed by atoms with Crippen LogP contribution in [-0.2, 0) is 0 Å². The quantitative estimate of drug-likeness (QED) is 0.699. The number of fused-ring (bicyclic) bond motifs is 3. The van der Waals surface area contributed by atoms with Crippen molar-refractivity contribution >= 4 is 22.8 Å². The summed E-state index contributed by atoms with van der Waals surface area (Å²) in [6.07, 6.45) is 3.00. The Morgan fingerprint density at radius 2 is 1.91 bits per heavy atom. The second-order valence-corrected chi connectivity index (χ2v) is 4.92. The molecule has 0 bridgehead atoms. The molecule has 1 aromatic carbocycles. The Bertz CT molecular complexity index is 947. The van der Waals surface area contributed by atoms with E-state index in [9.17, 15) is 4.79 Å². The van der Waals surface area contributed by atoms with Gasteiger partial charge in [0.25, 0.3) is 5.56 Å². The van der Waals surface area contributed by atoms with Gasteiger partial charge in [-0.3, -0.25) is 19.7 Å². The van der Waals surface area contributed by atoms with Crippen LogP contribution in [0, 0.1) is 0 Å². The second kappa shape index (κ2) is 4.66. The first kappa shape index (κ1) is 12.5. The number of aromatic nitrogens is 3. The average molecular weight is 292 g/mol. The minimum Gasteiger partial charge on any atom is -0.370 e. The molecule has 3 N–H and O–H groups in total. The number of benzene rings is 1. The van der Waals surface area contributed by atoms with E-state index in [0.717, 1.165) is 11.1 Å². The highest BCUT2D eigenvalue weighted by molar-refractivity contribution is 5.93. The van der Waals surface area contributed by atoms with Gasteiger partial charge in [-0.1, -0.05) is 12.1 Å². The van der Waals surface area contributed by atoms with E-state index < -0.39 is 6.17 Å². The van der Waals surface area contributed by atoms with Crippen LogP contribution in [0.25, 0.3) is 10.9 Å². The van der Waals surface area contributed by atoms with Gasteiger partial charge in [0.1, 0.15) is 0 Å². The summed E-state index contributed by atoms with van der Waals surface area (Å²) in [6, 6.07) is 11.0. The van der Waals surface area contributed by atoms with E-state index in [0.29, 0.717) is 11.3 Å². The maximum atomic E-state index is 12.1. The maximum absolute atomic E-state index is 12.1. The van der Waals surface area contributed by atoms with Crippen molar-refractivity contribution in [3.8, 4) is 0 Å². The fourth-order valence-electron chi connectivity index (χ4n) is 2.62. The Hall–Kier alpha value is -3.22. The van der Waals surface area contributed by atoms with Gasteiger partial charge in [-0.15, -0.1) is 0 Å². The van der Waals surface area contributed by atoms with Gasteiger partial charge >= 0.3 is 0 Å². The number of aliphatic imine (C=N–C) groups is 1. The van der Waals surface area contributed by atoms with Crippen molar-refractivity contribution in [2.24, 2.45) is 10.7 Å². The van der Waals surface area contributed by atoms with Crippen molar-refractivity contribution in [2.45, 2.75) is 6.17 Å². The van der Waals surface area contributed by atoms with E-state index in [4.69, 9.17) is 5.73 Å². The molecule has 1 aliphatic rings. The lowest BCUT2D eigenvalue weighted by Crippen LogP contribution is -2.34. The molecule has 0 aliphatic carbocycles. The summed E-state index contributed by atoms with van der Waals surface area (Å²) < 4.78 is 1.86. The molecule has 0 spiro atoms. The molecule has 4 rings (SSSR count). The minimum absolute atomic E-state index is 0.226. The summed E-state index contributed by atoms with van der Waals surface area (Å²) in [5.41, 5.74) is 7.21. The molecule has 0 amide bonds. The Balaban J connectivity index is 2.06. The molecule has 7 nitrogen and oxygen atoms in total. The van der Waals surface area contributed by atoms with Crippen molar-refractivity contribution in [1.29, 1.82) is 0 Å². The van der Waals surface area contributed by atoms with Crippen LogP contribution in [0.2, 0.25) is 0 Å². The van der Waals surface area contributed by atoms with Crippen LogP contribution >= 0.6 is 0 Å². The third kappa shape index (κ3) is 1.83. The Morgan fingerprint density at radius 1 is 1.14 bits per heavy atom. The van der Waals surface area contributed by atoms with Crippen LogP contribution in [-0.4, -0.2) is 20.5 Å². The van der Waals surface area contributed by atoms with E-state index in [1.54, 1.807) is 18.5 Å². The average Bonchev–Trinajstić information content (AvgIpc) is 2.55. The van der Waals surface area contributed by atoms with Crippen LogP contribution < -0.4 is 16.6 Å². The van der Waals surface area contributed by atoms with Crippen molar-refractivity contribution in [3.63, 3.8) is 0 Å². The van der Waals surface area contributed by atoms with E-state index in [1.807, 2.05) is 34.9 Å². The minimum atomic E-state index is -0.391. The number of nitrogens with one attached hydrogen (secondary N) is 1. The highest BCUT2D eigenvalue weighted by atomic mass is 16.1. The highest BCUT2D eigenvalue weighted by Crippen LogP contribution is 2.29. The fourth-order valence-corrected chi connectivity index (χ4v) is 2.62. The van der Waals surface area contributed by atoms with Crippen LogP contribution in [0.4, 0.5) is 5.95 Å². The number of nitrogens with two attached hydrogens (primary N) is 1. The molecular weight excluding hydrogens is 280 g/mol. The number of guanidine groups is 1. The van der Waals surface area contributed by atoms with E-state index in [-0.39, 0.29) is 11.5 Å². The maximum Gasteiger partial charge on any atom is 0.282 e. The molecule has 22 heavy (non-hydrogen) atoms. The number of hydrogen-bond donors (Lipinski definition) is 2. The monoisotopic (exact) mass is 292 g/mol. The lowest BCUT2D eigenvalue weighted by Gasteiger charge is -2.27. The van der Waals surface area contributed by atoms with Crippen molar-refractivity contribution < 1.29 is 0 Å². The van der Waals surface area contributed by atoms with Gasteiger partial charge in [0.15, 0.2) is 12.1 Å². The number of nitrogens with zero attached hydrogens (tertiary/aromatic N) is 4. The summed E-state index contributed by atoms with van der Waals surface area (Å²) >= 11 is 0. The van der Waals surface area contributed by atoms with Crippen LogP contribution in [0.5, 0.6) is 0 Å². The molecule has 0 fully saturated rings. The van der Waals surface area contributed by atoms with Gasteiger partial charge in [0.2, 0.25) is 5.95 Å². The second-order valence-electron chi connectivity index (χ2n) is 4.92. The summed E-state index contributed by atoms with van der Waals surface area (Å²) in [4.78, 5) is 24.7. The lowest BCUT2D eigenvalue weighted by atomic mass is 10.1. The topological polar surface area (TPSA) is 98.2 Å². The number of rotatable bonds is 1. The number of pyridine rings is 1. The van der Waals surface area contributed by atoms with E-state index in [2.05, 4.69) is 20.3 Å². The standard InChI is InChI=1S/C15H12N6O/c16-14-18-12(9-5-7-17-8-6-9)21-11-4-2-1-3-10(11)13(22)19-15(21)20-14/h1-8,12H,(H3,16,18,19,20,22)/t12-/m0/s1. The van der Waals surface area contributed by atoms with Gasteiger partial charge in [0, 0.05) is 18.0 Å². The molecule has 3 aromatic rings. The molecule has 108 valence electrons. The number of hydrogen-bond acceptors (Lipinski definition) is 6. The highest BCUT2D eigenvalue weighted by Gasteiger charge is 2.24. The van der Waals surface area contributed by atoms with Crippen LogP contribution in [0.3, 0.4) is 0 Å². The molecule has 0 saturated heterocycles. The molecule has 0 unspecified atom stereocenters. The number of para-hydroxylation sites is 1. The third-order valence-electron chi connectivity index (χ3n) is 3.58. The molecule has 3 heterocycles. The lowest BCUT2D eigenvalue weighted by molar-refractivity contribution is 0.615. The summed E-state index contributed by atoms with van der Waals surface area (Å²) in [5.74, 6) is 0.613. The SMILES string of the molecule is NC1=N[C@H](c2ccncc2)n2c(nc(=O)c3ccccc32)N1. The smallest absolute Gasteiger partial charge is 0.282 e. The molecule has 1 aliphatic heterocycles. The van der Waals surface area contributed by atoms with Crippen molar-refractivity contribution in [1.82, 2.24) is 14.5 Å². The normalized spacial score (nSPS) is 16.7. The molecule has 0 saturated carbocycles. The van der Waals surface area contributed by atoms with Gasteiger partial charge in [-0.05, 0) is 24.3 Å². The van der Waals surface area contributed by atoms with Crippen molar-refractivity contribution in [2.75, 3.05) is 5.32 Å². The first-order valence-corrected chi connectivity index (χ1v) is 6.75. The molecule has 7 heteroatoms.